The zero-order chi connectivity index (χ0) is 12.6. The summed E-state index contributed by atoms with van der Waals surface area (Å²) >= 11 is 1.59. The van der Waals surface area contributed by atoms with E-state index in [-0.39, 0.29) is 17.8 Å². The average molecular weight is 263 g/mol. The van der Waals surface area contributed by atoms with Crippen LogP contribution in [0.3, 0.4) is 0 Å². The third-order valence-electron chi connectivity index (χ3n) is 3.71. The maximum Gasteiger partial charge on any atom is 0.123 e. The molecule has 3 rings (SSSR count). The molecule has 0 unspecified atom stereocenters. The third kappa shape index (κ3) is 1.85. The number of nitrogens with zero attached hydrogens (tertiary/aromatic N) is 1. The Morgan fingerprint density at radius 1 is 1.28 bits per heavy atom. The minimum atomic E-state index is -0.236. The second-order valence-corrected chi connectivity index (χ2v) is 5.69. The van der Waals surface area contributed by atoms with E-state index in [1.54, 1.807) is 23.5 Å². The molecule has 1 aromatic heterocycles. The molecule has 1 aliphatic rings. The second kappa shape index (κ2) is 4.44. The van der Waals surface area contributed by atoms with E-state index in [0.29, 0.717) is 0 Å². The quantitative estimate of drug-likeness (QED) is 0.921. The average Bonchev–Trinajstić information content (AvgIpc) is 2.79. The van der Waals surface area contributed by atoms with E-state index in [0.717, 1.165) is 35.5 Å². The van der Waals surface area contributed by atoms with Crippen LogP contribution in [0.5, 0.6) is 0 Å². The van der Waals surface area contributed by atoms with Gasteiger partial charge >= 0.3 is 0 Å². The maximum atomic E-state index is 12.9. The molecule has 2 nitrogen and oxygen atoms in total. The molecule has 2 aromatic rings. The molecule has 1 N–H and O–H groups in total. The summed E-state index contributed by atoms with van der Waals surface area (Å²) in [5.41, 5.74) is 1.68. The molecule has 0 saturated heterocycles. The molecule has 0 bridgehead atoms. The van der Waals surface area contributed by atoms with Crippen LogP contribution in [0, 0.1) is 5.82 Å². The fraction of sp³-hybridized carbons (Fsp3) is 0.357. The summed E-state index contributed by atoms with van der Waals surface area (Å²) in [6, 6.07) is 6.36. The Balaban J connectivity index is 1.91. The van der Waals surface area contributed by atoms with Crippen LogP contribution in [0.25, 0.3) is 11.3 Å². The van der Waals surface area contributed by atoms with E-state index in [4.69, 9.17) is 0 Å². The molecular weight excluding hydrogens is 249 g/mol. The van der Waals surface area contributed by atoms with Gasteiger partial charge in [-0.2, -0.15) is 0 Å². The fourth-order valence-corrected chi connectivity index (χ4v) is 3.40. The number of aliphatic hydroxyl groups excluding tert-OH is 1. The Kier molecular flexibility index (Phi) is 2.92. The largest absolute Gasteiger partial charge is 0.395 e. The van der Waals surface area contributed by atoms with Crippen molar-refractivity contribution >= 4 is 11.3 Å². The van der Waals surface area contributed by atoms with Crippen LogP contribution >= 0.6 is 11.3 Å². The van der Waals surface area contributed by atoms with Gasteiger partial charge in [0.25, 0.3) is 0 Å². The summed E-state index contributed by atoms with van der Waals surface area (Å²) < 4.78 is 12.9. The van der Waals surface area contributed by atoms with Crippen LogP contribution in [0.2, 0.25) is 0 Å². The van der Waals surface area contributed by atoms with E-state index >= 15 is 0 Å². The summed E-state index contributed by atoms with van der Waals surface area (Å²) in [7, 11) is 0. The number of halogens is 1. The lowest BCUT2D eigenvalue weighted by Crippen LogP contribution is -2.37. The van der Waals surface area contributed by atoms with Gasteiger partial charge < -0.3 is 5.11 Å². The van der Waals surface area contributed by atoms with Crippen molar-refractivity contribution in [2.45, 2.75) is 24.7 Å². The highest BCUT2D eigenvalue weighted by Gasteiger charge is 2.40. The molecule has 1 heterocycles. The topological polar surface area (TPSA) is 33.1 Å². The van der Waals surface area contributed by atoms with Crippen molar-refractivity contribution in [3.8, 4) is 11.3 Å². The summed E-state index contributed by atoms with van der Waals surface area (Å²) in [5, 5.41) is 12.5. The minimum Gasteiger partial charge on any atom is -0.395 e. The minimum absolute atomic E-state index is 0.108. The second-order valence-electron chi connectivity index (χ2n) is 4.84. The number of rotatable bonds is 3. The Hall–Kier alpha value is -1.26. The molecule has 94 valence electrons. The first-order valence-electron chi connectivity index (χ1n) is 6.06. The molecule has 1 aliphatic carbocycles. The van der Waals surface area contributed by atoms with Crippen LogP contribution in [-0.4, -0.2) is 16.7 Å². The molecule has 0 spiro atoms. The van der Waals surface area contributed by atoms with Crippen LogP contribution in [0.1, 0.15) is 24.3 Å². The predicted molar refractivity (Wildman–Crippen MR) is 70.1 cm³/mol. The van der Waals surface area contributed by atoms with Gasteiger partial charge in [0, 0.05) is 16.4 Å². The lowest BCUT2D eigenvalue weighted by Gasteiger charge is -2.38. The molecule has 18 heavy (non-hydrogen) atoms. The molecular formula is C14H14FNOS. The summed E-state index contributed by atoms with van der Waals surface area (Å²) in [6.45, 7) is 0.170. The summed E-state index contributed by atoms with van der Waals surface area (Å²) in [6.07, 6.45) is 3.19. The van der Waals surface area contributed by atoms with Crippen molar-refractivity contribution < 1.29 is 9.50 Å². The number of thiazole rings is 1. The van der Waals surface area contributed by atoms with Crippen molar-refractivity contribution in [2.24, 2.45) is 0 Å². The van der Waals surface area contributed by atoms with Gasteiger partial charge in [-0.25, -0.2) is 9.37 Å². The van der Waals surface area contributed by atoms with E-state index in [2.05, 4.69) is 4.98 Å². The monoisotopic (exact) mass is 263 g/mol. The third-order valence-corrected chi connectivity index (χ3v) is 4.80. The first kappa shape index (κ1) is 11.8. The summed E-state index contributed by atoms with van der Waals surface area (Å²) in [5.74, 6) is -0.236. The Morgan fingerprint density at radius 2 is 2.00 bits per heavy atom. The van der Waals surface area contributed by atoms with Crippen LogP contribution in [-0.2, 0) is 5.41 Å². The zero-order valence-electron chi connectivity index (χ0n) is 9.90. The van der Waals surface area contributed by atoms with E-state index in [1.807, 2.05) is 5.38 Å². The lowest BCUT2D eigenvalue weighted by molar-refractivity contribution is 0.120. The molecule has 1 saturated carbocycles. The smallest absolute Gasteiger partial charge is 0.123 e. The highest BCUT2D eigenvalue weighted by atomic mass is 32.1. The van der Waals surface area contributed by atoms with Crippen LogP contribution in [0.4, 0.5) is 4.39 Å². The van der Waals surface area contributed by atoms with E-state index in [9.17, 15) is 9.50 Å². The molecule has 4 heteroatoms. The molecule has 0 amide bonds. The van der Waals surface area contributed by atoms with Gasteiger partial charge in [0.1, 0.15) is 10.8 Å². The first-order chi connectivity index (χ1) is 8.73. The van der Waals surface area contributed by atoms with Gasteiger partial charge in [-0.15, -0.1) is 11.3 Å². The molecule has 1 fully saturated rings. The highest BCUT2D eigenvalue weighted by Crippen LogP contribution is 2.45. The number of benzene rings is 1. The summed E-state index contributed by atoms with van der Waals surface area (Å²) in [4.78, 5) is 4.61. The number of aromatic nitrogens is 1. The normalized spacial score (nSPS) is 17.4. The van der Waals surface area contributed by atoms with Gasteiger partial charge in [0.2, 0.25) is 0 Å². The van der Waals surface area contributed by atoms with Gasteiger partial charge in [0.05, 0.1) is 12.3 Å². The van der Waals surface area contributed by atoms with Crippen molar-refractivity contribution in [1.82, 2.24) is 4.98 Å². The molecule has 0 atom stereocenters. The van der Waals surface area contributed by atoms with Crippen molar-refractivity contribution in [2.75, 3.05) is 6.61 Å². The Morgan fingerprint density at radius 3 is 2.56 bits per heavy atom. The molecule has 0 aliphatic heterocycles. The van der Waals surface area contributed by atoms with Gasteiger partial charge in [-0.05, 0) is 37.1 Å². The fourth-order valence-electron chi connectivity index (χ4n) is 2.31. The highest BCUT2D eigenvalue weighted by molar-refractivity contribution is 7.10. The zero-order valence-corrected chi connectivity index (χ0v) is 10.7. The Bertz CT molecular complexity index is 540. The number of hydrogen-bond donors (Lipinski definition) is 1. The van der Waals surface area contributed by atoms with Gasteiger partial charge in [-0.3, -0.25) is 0 Å². The molecule has 0 radical (unpaired) electrons. The van der Waals surface area contributed by atoms with Crippen molar-refractivity contribution in [3.05, 3.63) is 40.5 Å². The Labute approximate surface area is 109 Å². The van der Waals surface area contributed by atoms with E-state index in [1.165, 1.54) is 12.1 Å². The lowest BCUT2D eigenvalue weighted by atomic mass is 9.70. The van der Waals surface area contributed by atoms with Crippen LogP contribution in [0.15, 0.2) is 29.6 Å². The SMILES string of the molecule is OCC1(c2nc(-c3ccc(F)cc3)cs2)CCC1. The van der Waals surface area contributed by atoms with Crippen LogP contribution < -0.4 is 0 Å². The first-order valence-corrected chi connectivity index (χ1v) is 6.94. The van der Waals surface area contributed by atoms with Gasteiger partial charge in [0.15, 0.2) is 0 Å². The van der Waals surface area contributed by atoms with Gasteiger partial charge in [-0.1, -0.05) is 6.42 Å². The number of aliphatic hydroxyl groups is 1. The standard InChI is InChI=1S/C14H14FNOS/c15-11-4-2-10(3-5-11)12-8-18-13(16-12)14(9-17)6-1-7-14/h2-5,8,17H,1,6-7,9H2. The van der Waals surface area contributed by atoms with Crippen molar-refractivity contribution in [3.63, 3.8) is 0 Å². The molecule has 1 aromatic carbocycles. The predicted octanol–water partition coefficient (Wildman–Crippen LogP) is 3.36. The van der Waals surface area contributed by atoms with Crippen molar-refractivity contribution in [1.29, 1.82) is 0 Å². The van der Waals surface area contributed by atoms with E-state index < -0.39 is 0 Å². The maximum absolute atomic E-state index is 12.9. The number of hydrogen-bond acceptors (Lipinski definition) is 3.